The molecule has 22 heavy (non-hydrogen) atoms. The minimum absolute atomic E-state index is 0.0882. The number of hydrogen-bond donors (Lipinski definition) is 0. The summed E-state index contributed by atoms with van der Waals surface area (Å²) in [5.41, 5.74) is 0.902. The quantitative estimate of drug-likeness (QED) is 0.640. The van der Waals surface area contributed by atoms with E-state index in [0.29, 0.717) is 5.41 Å². The molecule has 0 aromatic carbocycles. The molecule has 0 bridgehead atoms. The summed E-state index contributed by atoms with van der Waals surface area (Å²) < 4.78 is 5.63. The highest BCUT2D eigenvalue weighted by molar-refractivity contribution is 5.66. The Morgan fingerprint density at radius 3 is 2.55 bits per heavy atom. The maximum Gasteiger partial charge on any atom is 0.302 e. The third kappa shape index (κ3) is 1.94. The molecule has 2 nitrogen and oxygen atoms in total. The van der Waals surface area contributed by atoms with E-state index < -0.39 is 0 Å². The highest BCUT2D eigenvalue weighted by Crippen LogP contribution is 2.68. The Morgan fingerprint density at radius 1 is 0.955 bits per heavy atom. The molecule has 7 unspecified atom stereocenters. The largest absolute Gasteiger partial charge is 0.462 e. The van der Waals surface area contributed by atoms with Crippen molar-refractivity contribution in [3.63, 3.8) is 0 Å². The standard InChI is InChI=1S/C20H32O2/c1-13(21)22-18-12-17-15-8-7-14-6-4-5-10-19(14,2)16(15)9-11-20(17,18)3/h14-18H,4-12H2,1-3H3. The first kappa shape index (κ1) is 15.0. The molecule has 7 atom stereocenters. The average molecular weight is 304 g/mol. The summed E-state index contributed by atoms with van der Waals surface area (Å²) in [7, 11) is 0. The molecule has 0 aromatic heterocycles. The van der Waals surface area contributed by atoms with Gasteiger partial charge in [0.15, 0.2) is 0 Å². The molecule has 4 aliphatic carbocycles. The van der Waals surface area contributed by atoms with Crippen LogP contribution in [0.4, 0.5) is 0 Å². The molecular weight excluding hydrogens is 272 g/mol. The summed E-state index contributed by atoms with van der Waals surface area (Å²) >= 11 is 0. The Morgan fingerprint density at radius 2 is 1.77 bits per heavy atom. The highest BCUT2D eigenvalue weighted by Gasteiger charge is 2.63. The van der Waals surface area contributed by atoms with E-state index >= 15 is 0 Å². The van der Waals surface area contributed by atoms with Crippen molar-refractivity contribution in [1.29, 1.82) is 0 Å². The lowest BCUT2D eigenvalue weighted by molar-refractivity contribution is -0.222. The number of carbonyl (C=O) groups excluding carboxylic acids is 1. The molecular formula is C20H32O2. The monoisotopic (exact) mass is 304 g/mol. The Kier molecular flexibility index (Phi) is 3.40. The lowest BCUT2D eigenvalue weighted by atomic mass is 9.40. The summed E-state index contributed by atoms with van der Waals surface area (Å²) in [6, 6.07) is 0. The Labute approximate surface area is 135 Å². The zero-order chi connectivity index (χ0) is 15.5. The minimum Gasteiger partial charge on any atom is -0.462 e. The molecule has 0 aliphatic heterocycles. The lowest BCUT2D eigenvalue weighted by Gasteiger charge is -2.66. The third-order valence-electron chi connectivity index (χ3n) is 8.53. The van der Waals surface area contributed by atoms with Gasteiger partial charge >= 0.3 is 5.97 Å². The number of rotatable bonds is 1. The van der Waals surface area contributed by atoms with Gasteiger partial charge < -0.3 is 4.74 Å². The van der Waals surface area contributed by atoms with E-state index in [4.69, 9.17) is 4.74 Å². The number of hydrogen-bond acceptors (Lipinski definition) is 2. The molecule has 0 spiro atoms. The van der Waals surface area contributed by atoms with Crippen molar-refractivity contribution >= 4 is 5.97 Å². The first-order valence-electron chi connectivity index (χ1n) is 9.62. The Balaban J connectivity index is 1.54. The van der Waals surface area contributed by atoms with Gasteiger partial charge in [0.1, 0.15) is 6.10 Å². The molecule has 0 radical (unpaired) electrons. The number of ether oxygens (including phenoxy) is 1. The molecule has 0 aromatic rings. The number of fused-ring (bicyclic) bond motifs is 5. The lowest BCUT2D eigenvalue weighted by Crippen LogP contribution is -2.62. The highest BCUT2D eigenvalue weighted by atomic mass is 16.5. The van der Waals surface area contributed by atoms with Crippen molar-refractivity contribution in [2.45, 2.75) is 84.7 Å². The van der Waals surface area contributed by atoms with E-state index in [9.17, 15) is 4.79 Å². The fourth-order valence-electron chi connectivity index (χ4n) is 7.21. The second-order valence-corrected chi connectivity index (χ2v) is 9.28. The molecule has 124 valence electrons. The average Bonchev–Trinajstić information content (AvgIpc) is 2.47. The molecule has 0 N–H and O–H groups in total. The van der Waals surface area contributed by atoms with Crippen LogP contribution in [0.5, 0.6) is 0 Å². The molecule has 2 heteroatoms. The van der Waals surface area contributed by atoms with Gasteiger partial charge in [0.25, 0.3) is 0 Å². The molecule has 0 saturated heterocycles. The van der Waals surface area contributed by atoms with Crippen LogP contribution in [-0.2, 0) is 9.53 Å². The van der Waals surface area contributed by atoms with Gasteiger partial charge in [-0.1, -0.05) is 26.7 Å². The summed E-state index contributed by atoms with van der Waals surface area (Å²) in [6.07, 6.45) is 12.8. The smallest absolute Gasteiger partial charge is 0.302 e. The maximum absolute atomic E-state index is 11.4. The topological polar surface area (TPSA) is 26.3 Å². The van der Waals surface area contributed by atoms with Gasteiger partial charge in [-0.05, 0) is 74.0 Å². The Hall–Kier alpha value is -0.530. The summed E-state index contributed by atoms with van der Waals surface area (Å²) in [6.45, 7) is 6.59. The summed E-state index contributed by atoms with van der Waals surface area (Å²) in [5, 5.41) is 0. The third-order valence-corrected chi connectivity index (χ3v) is 8.53. The van der Waals surface area contributed by atoms with Crippen LogP contribution >= 0.6 is 0 Å². The van der Waals surface area contributed by atoms with Crippen molar-refractivity contribution < 1.29 is 9.53 Å². The second-order valence-electron chi connectivity index (χ2n) is 9.28. The van der Waals surface area contributed by atoms with Crippen LogP contribution in [0.1, 0.15) is 78.6 Å². The summed E-state index contributed by atoms with van der Waals surface area (Å²) in [5.74, 6) is 3.58. The van der Waals surface area contributed by atoms with Crippen LogP contribution in [0.2, 0.25) is 0 Å². The van der Waals surface area contributed by atoms with E-state index in [-0.39, 0.29) is 17.5 Å². The molecule has 4 fully saturated rings. The SMILES string of the molecule is CC(=O)OC1CC2C3CCC4CCCCC4(C)C3CCC12C. The van der Waals surface area contributed by atoms with Gasteiger partial charge in [0, 0.05) is 12.3 Å². The maximum atomic E-state index is 11.4. The predicted molar refractivity (Wildman–Crippen MR) is 87.3 cm³/mol. The first-order valence-corrected chi connectivity index (χ1v) is 9.62. The van der Waals surface area contributed by atoms with Crippen molar-refractivity contribution in [1.82, 2.24) is 0 Å². The van der Waals surface area contributed by atoms with E-state index in [1.807, 2.05) is 0 Å². The van der Waals surface area contributed by atoms with Crippen LogP contribution in [-0.4, -0.2) is 12.1 Å². The van der Waals surface area contributed by atoms with Crippen molar-refractivity contribution in [3.8, 4) is 0 Å². The molecule has 0 amide bonds. The predicted octanol–water partition coefficient (Wildman–Crippen LogP) is 4.96. The van der Waals surface area contributed by atoms with E-state index in [0.717, 1.165) is 30.1 Å². The van der Waals surface area contributed by atoms with Gasteiger partial charge in [-0.25, -0.2) is 0 Å². The van der Waals surface area contributed by atoms with Crippen molar-refractivity contribution in [2.24, 2.45) is 34.5 Å². The van der Waals surface area contributed by atoms with Crippen LogP contribution in [0, 0.1) is 34.5 Å². The first-order chi connectivity index (χ1) is 10.4. The minimum atomic E-state index is -0.0882. The van der Waals surface area contributed by atoms with Crippen LogP contribution < -0.4 is 0 Å². The van der Waals surface area contributed by atoms with E-state index in [1.165, 1.54) is 51.4 Å². The fraction of sp³-hybridized carbons (Fsp3) is 0.950. The van der Waals surface area contributed by atoms with Crippen LogP contribution in [0.3, 0.4) is 0 Å². The fourth-order valence-corrected chi connectivity index (χ4v) is 7.21. The van der Waals surface area contributed by atoms with E-state index in [1.54, 1.807) is 6.92 Å². The normalized spacial score (nSPS) is 53.5. The zero-order valence-corrected chi connectivity index (χ0v) is 14.6. The molecule has 4 saturated carbocycles. The van der Waals surface area contributed by atoms with Crippen molar-refractivity contribution in [2.75, 3.05) is 0 Å². The molecule has 4 rings (SSSR count). The van der Waals surface area contributed by atoms with Gasteiger partial charge in [-0.3, -0.25) is 4.79 Å². The zero-order valence-electron chi connectivity index (χ0n) is 14.6. The Bertz CT molecular complexity index is 472. The van der Waals surface area contributed by atoms with Gasteiger partial charge in [-0.15, -0.1) is 0 Å². The van der Waals surface area contributed by atoms with E-state index in [2.05, 4.69) is 13.8 Å². The van der Waals surface area contributed by atoms with Gasteiger partial charge in [0.05, 0.1) is 0 Å². The molecule has 0 heterocycles. The van der Waals surface area contributed by atoms with Crippen molar-refractivity contribution in [3.05, 3.63) is 0 Å². The number of esters is 1. The second kappa shape index (κ2) is 4.98. The summed E-state index contributed by atoms with van der Waals surface area (Å²) in [4.78, 5) is 11.4. The molecule has 4 aliphatic rings. The number of carbonyl (C=O) groups is 1. The van der Waals surface area contributed by atoms with Crippen LogP contribution in [0.15, 0.2) is 0 Å². The van der Waals surface area contributed by atoms with Crippen LogP contribution in [0.25, 0.3) is 0 Å². The van der Waals surface area contributed by atoms with Gasteiger partial charge in [0.2, 0.25) is 0 Å². The van der Waals surface area contributed by atoms with Gasteiger partial charge in [-0.2, -0.15) is 0 Å².